The van der Waals surface area contributed by atoms with Crippen molar-refractivity contribution in [1.82, 2.24) is 20.2 Å². The number of rotatable bonds is 5. The monoisotopic (exact) mass is 311 g/mol. The molecule has 0 saturated heterocycles. The van der Waals surface area contributed by atoms with E-state index in [0.29, 0.717) is 12.1 Å². The molecule has 1 aromatic heterocycles. The molecule has 1 atom stereocenters. The minimum Gasteiger partial charge on any atom is -0.324 e. The van der Waals surface area contributed by atoms with Gasteiger partial charge in [-0.2, -0.15) is 0 Å². The Morgan fingerprint density at radius 2 is 1.87 bits per heavy atom. The zero-order chi connectivity index (χ0) is 16.1. The number of halogens is 1. The Morgan fingerprint density at radius 3 is 2.52 bits per heavy atom. The Kier molecular flexibility index (Phi) is 4.37. The largest absolute Gasteiger partial charge is 0.324 e. The molecule has 0 saturated carbocycles. The molecule has 1 heterocycles. The van der Waals surface area contributed by atoms with Gasteiger partial charge in [-0.25, -0.2) is 9.07 Å². The van der Waals surface area contributed by atoms with E-state index in [9.17, 15) is 9.18 Å². The van der Waals surface area contributed by atoms with Crippen molar-refractivity contribution in [3.8, 4) is 0 Å². The first kappa shape index (κ1) is 14.8. The minimum atomic E-state index is -0.600. The highest BCUT2D eigenvalue weighted by molar-refractivity contribution is 5.93. The maximum Gasteiger partial charge on any atom is 0.249 e. The first-order valence-corrected chi connectivity index (χ1v) is 7.05. The van der Waals surface area contributed by atoms with Crippen LogP contribution in [0.1, 0.15) is 11.6 Å². The lowest BCUT2D eigenvalue weighted by Crippen LogP contribution is -2.28. The first-order valence-electron chi connectivity index (χ1n) is 7.05. The summed E-state index contributed by atoms with van der Waals surface area (Å²) in [5.74, 6) is -0.628. The van der Waals surface area contributed by atoms with Gasteiger partial charge in [0.05, 0.1) is 0 Å². The molecule has 116 valence electrons. The van der Waals surface area contributed by atoms with Crippen molar-refractivity contribution in [3.05, 3.63) is 72.3 Å². The van der Waals surface area contributed by atoms with Gasteiger partial charge in [0, 0.05) is 12.1 Å². The minimum absolute atomic E-state index is 0.271. The lowest BCUT2D eigenvalue weighted by Gasteiger charge is -2.16. The Hall–Kier alpha value is -3.09. The molecule has 0 aliphatic heterocycles. The third-order valence-corrected chi connectivity index (χ3v) is 3.37. The summed E-state index contributed by atoms with van der Waals surface area (Å²) in [7, 11) is 0. The van der Waals surface area contributed by atoms with Gasteiger partial charge in [-0.3, -0.25) is 4.79 Å². The Balaban J connectivity index is 1.80. The van der Waals surface area contributed by atoms with Gasteiger partial charge in [-0.15, -0.1) is 5.10 Å². The van der Waals surface area contributed by atoms with Gasteiger partial charge < -0.3 is 5.32 Å². The highest BCUT2D eigenvalue weighted by atomic mass is 19.1. The molecule has 0 radical (unpaired) electrons. The van der Waals surface area contributed by atoms with E-state index >= 15 is 0 Å². The van der Waals surface area contributed by atoms with E-state index in [-0.39, 0.29) is 11.7 Å². The SMILES string of the molecule is O=C(Nc1ccc(F)cc1)[C@@H](Cc1ccccc1)n1cnnn1. The van der Waals surface area contributed by atoms with Gasteiger partial charge in [0.1, 0.15) is 18.2 Å². The molecule has 0 bridgehead atoms. The summed E-state index contributed by atoms with van der Waals surface area (Å²) in [6, 6.07) is 14.6. The number of nitrogens with one attached hydrogen (secondary N) is 1. The summed E-state index contributed by atoms with van der Waals surface area (Å²) in [6.45, 7) is 0. The Morgan fingerprint density at radius 1 is 1.13 bits per heavy atom. The predicted molar refractivity (Wildman–Crippen MR) is 82.0 cm³/mol. The molecule has 7 heteroatoms. The van der Waals surface area contributed by atoms with Crippen LogP contribution < -0.4 is 5.32 Å². The fraction of sp³-hybridized carbons (Fsp3) is 0.125. The zero-order valence-corrected chi connectivity index (χ0v) is 12.1. The van der Waals surface area contributed by atoms with Crippen LogP contribution in [-0.2, 0) is 11.2 Å². The van der Waals surface area contributed by atoms with Crippen molar-refractivity contribution in [2.24, 2.45) is 0 Å². The van der Waals surface area contributed by atoms with Crippen LogP contribution in [0.15, 0.2) is 60.9 Å². The van der Waals surface area contributed by atoms with Crippen LogP contribution in [0.4, 0.5) is 10.1 Å². The number of amides is 1. The highest BCUT2D eigenvalue weighted by Gasteiger charge is 2.22. The van der Waals surface area contributed by atoms with Crippen molar-refractivity contribution >= 4 is 11.6 Å². The third kappa shape index (κ3) is 3.76. The number of aromatic nitrogens is 4. The quantitative estimate of drug-likeness (QED) is 0.784. The average Bonchev–Trinajstić information content (AvgIpc) is 3.10. The topological polar surface area (TPSA) is 72.7 Å². The predicted octanol–water partition coefficient (Wildman–Crippen LogP) is 2.23. The number of tetrazole rings is 1. The van der Waals surface area contributed by atoms with Crippen molar-refractivity contribution in [2.45, 2.75) is 12.5 Å². The van der Waals surface area contributed by atoms with Crippen LogP contribution in [0.25, 0.3) is 0 Å². The molecule has 0 unspecified atom stereocenters. The third-order valence-electron chi connectivity index (χ3n) is 3.37. The number of carbonyl (C=O) groups excluding carboxylic acids is 1. The molecular formula is C16H14FN5O. The number of benzene rings is 2. The second kappa shape index (κ2) is 6.78. The molecular weight excluding hydrogens is 297 g/mol. The van der Waals surface area contributed by atoms with E-state index in [1.807, 2.05) is 30.3 Å². The van der Waals surface area contributed by atoms with E-state index in [1.165, 1.54) is 35.3 Å². The van der Waals surface area contributed by atoms with E-state index in [0.717, 1.165) is 5.56 Å². The number of hydrogen-bond acceptors (Lipinski definition) is 4. The molecule has 1 amide bonds. The smallest absolute Gasteiger partial charge is 0.249 e. The van der Waals surface area contributed by atoms with Crippen LogP contribution in [0.2, 0.25) is 0 Å². The molecule has 0 fully saturated rings. The maximum absolute atomic E-state index is 13.0. The first-order chi connectivity index (χ1) is 11.2. The van der Waals surface area contributed by atoms with Crippen molar-refractivity contribution in [2.75, 3.05) is 5.32 Å². The standard InChI is InChI=1S/C16H14FN5O/c17-13-6-8-14(9-7-13)19-16(23)15(22-11-18-20-21-22)10-12-4-2-1-3-5-12/h1-9,11,15H,10H2,(H,19,23)/t15-/m1/s1. The molecule has 23 heavy (non-hydrogen) atoms. The fourth-order valence-electron chi connectivity index (χ4n) is 2.21. The number of nitrogens with zero attached hydrogens (tertiary/aromatic N) is 4. The fourth-order valence-corrected chi connectivity index (χ4v) is 2.21. The summed E-state index contributed by atoms with van der Waals surface area (Å²) < 4.78 is 14.4. The van der Waals surface area contributed by atoms with Gasteiger partial charge in [-0.05, 0) is 40.3 Å². The lowest BCUT2D eigenvalue weighted by atomic mass is 10.1. The Bertz CT molecular complexity index is 759. The van der Waals surface area contributed by atoms with Crippen LogP contribution >= 0.6 is 0 Å². The molecule has 3 rings (SSSR count). The Labute approximate surface area is 132 Å². The second-order valence-corrected chi connectivity index (χ2v) is 4.99. The van der Waals surface area contributed by atoms with E-state index < -0.39 is 6.04 Å². The molecule has 1 N–H and O–H groups in total. The molecule has 3 aromatic rings. The summed E-state index contributed by atoms with van der Waals surface area (Å²) in [4.78, 5) is 12.6. The molecule has 0 aliphatic rings. The van der Waals surface area contributed by atoms with Crippen molar-refractivity contribution < 1.29 is 9.18 Å². The summed E-state index contributed by atoms with van der Waals surface area (Å²) in [5, 5.41) is 13.8. The van der Waals surface area contributed by atoms with Crippen LogP contribution in [0.3, 0.4) is 0 Å². The van der Waals surface area contributed by atoms with E-state index in [1.54, 1.807) is 0 Å². The second-order valence-electron chi connectivity index (χ2n) is 4.99. The molecule has 6 nitrogen and oxygen atoms in total. The number of hydrogen-bond donors (Lipinski definition) is 1. The summed E-state index contributed by atoms with van der Waals surface area (Å²) in [5.41, 5.74) is 1.50. The van der Waals surface area contributed by atoms with Gasteiger partial charge in [0.2, 0.25) is 5.91 Å². The van der Waals surface area contributed by atoms with E-state index in [2.05, 4.69) is 20.8 Å². The van der Waals surface area contributed by atoms with E-state index in [4.69, 9.17) is 0 Å². The number of anilines is 1. The highest BCUT2D eigenvalue weighted by Crippen LogP contribution is 2.16. The van der Waals surface area contributed by atoms with Crippen LogP contribution in [0.5, 0.6) is 0 Å². The van der Waals surface area contributed by atoms with Gasteiger partial charge in [-0.1, -0.05) is 30.3 Å². The van der Waals surface area contributed by atoms with Crippen molar-refractivity contribution in [1.29, 1.82) is 0 Å². The van der Waals surface area contributed by atoms with Crippen LogP contribution in [-0.4, -0.2) is 26.1 Å². The van der Waals surface area contributed by atoms with Crippen LogP contribution in [0, 0.1) is 5.82 Å². The van der Waals surface area contributed by atoms with Gasteiger partial charge in [0.25, 0.3) is 0 Å². The van der Waals surface area contributed by atoms with Crippen molar-refractivity contribution in [3.63, 3.8) is 0 Å². The summed E-state index contributed by atoms with van der Waals surface area (Å²) in [6.07, 6.45) is 1.84. The number of carbonyl (C=O) groups is 1. The zero-order valence-electron chi connectivity index (χ0n) is 12.1. The normalized spacial score (nSPS) is 11.9. The maximum atomic E-state index is 13.0. The molecule has 0 spiro atoms. The van der Waals surface area contributed by atoms with Gasteiger partial charge in [0.15, 0.2) is 0 Å². The average molecular weight is 311 g/mol. The molecule has 0 aliphatic carbocycles. The molecule has 2 aromatic carbocycles. The van der Waals surface area contributed by atoms with Gasteiger partial charge >= 0.3 is 0 Å². The summed E-state index contributed by atoms with van der Waals surface area (Å²) >= 11 is 0. The lowest BCUT2D eigenvalue weighted by molar-refractivity contribution is -0.119.